The summed E-state index contributed by atoms with van der Waals surface area (Å²) in [6, 6.07) is 5.81. The molecule has 2 aliphatic rings. The molecule has 16 heavy (non-hydrogen) atoms. The van der Waals surface area contributed by atoms with Gasteiger partial charge in [-0.05, 0) is 31.4 Å². The summed E-state index contributed by atoms with van der Waals surface area (Å²) in [5.41, 5.74) is 2.34. The quantitative estimate of drug-likeness (QED) is 0.617. The van der Waals surface area contributed by atoms with Gasteiger partial charge in [-0.3, -0.25) is 14.5 Å². The van der Waals surface area contributed by atoms with Crippen molar-refractivity contribution in [2.75, 3.05) is 7.05 Å². The summed E-state index contributed by atoms with van der Waals surface area (Å²) in [6.45, 7) is 1.96. The Kier molecular flexibility index (Phi) is 1.63. The van der Waals surface area contributed by atoms with Crippen LogP contribution in [0.2, 0.25) is 0 Å². The van der Waals surface area contributed by atoms with Crippen molar-refractivity contribution < 1.29 is 9.59 Å². The third kappa shape index (κ3) is 0.979. The molecule has 1 aliphatic carbocycles. The van der Waals surface area contributed by atoms with Crippen LogP contribution < -0.4 is 0 Å². The van der Waals surface area contributed by atoms with Crippen LogP contribution in [0.3, 0.4) is 0 Å². The predicted octanol–water partition coefficient (Wildman–Crippen LogP) is 1.64. The van der Waals surface area contributed by atoms with Gasteiger partial charge in [-0.2, -0.15) is 0 Å². The lowest BCUT2D eigenvalue weighted by molar-refractivity contribution is -0.130. The number of carbonyl (C=O) groups excluding carboxylic acids is 2. The fraction of sp³-hybridized carbons (Fsp3) is 0.385. The molecule has 1 aliphatic heterocycles. The van der Waals surface area contributed by atoms with E-state index in [0.717, 1.165) is 24.0 Å². The molecule has 0 unspecified atom stereocenters. The van der Waals surface area contributed by atoms with Gasteiger partial charge in [-0.25, -0.2) is 0 Å². The number of fused-ring (bicyclic) bond motifs is 2. The first-order valence-electron chi connectivity index (χ1n) is 5.50. The van der Waals surface area contributed by atoms with Gasteiger partial charge in [-0.15, -0.1) is 0 Å². The Bertz CT molecular complexity index is 515. The highest BCUT2D eigenvalue weighted by Gasteiger charge is 2.57. The number of likely N-dealkylation sites (N-methyl/N-ethyl adjacent to an activating group) is 1. The van der Waals surface area contributed by atoms with Crippen molar-refractivity contribution in [1.29, 1.82) is 0 Å². The molecule has 0 atom stereocenters. The molecule has 1 spiro atoms. The summed E-state index contributed by atoms with van der Waals surface area (Å²) >= 11 is 0. The van der Waals surface area contributed by atoms with E-state index in [2.05, 4.69) is 0 Å². The zero-order valence-corrected chi connectivity index (χ0v) is 9.41. The minimum absolute atomic E-state index is 0.0335. The highest BCUT2D eigenvalue weighted by atomic mass is 16.2. The topological polar surface area (TPSA) is 37.4 Å². The predicted molar refractivity (Wildman–Crippen MR) is 59.2 cm³/mol. The molecule has 2 amide bonds. The van der Waals surface area contributed by atoms with Gasteiger partial charge in [-0.1, -0.05) is 17.7 Å². The van der Waals surface area contributed by atoms with Crippen LogP contribution in [0.25, 0.3) is 0 Å². The first-order valence-corrected chi connectivity index (χ1v) is 5.50. The number of hydrogen-bond donors (Lipinski definition) is 0. The Morgan fingerprint density at radius 1 is 1.25 bits per heavy atom. The SMILES string of the molecule is Cc1ccc2c(c1)C(=O)N(C)C(=O)C21CC1. The number of benzene rings is 1. The van der Waals surface area contributed by atoms with Crippen molar-refractivity contribution >= 4 is 11.8 Å². The van der Waals surface area contributed by atoms with Gasteiger partial charge >= 0.3 is 0 Å². The van der Waals surface area contributed by atoms with E-state index in [1.165, 1.54) is 4.90 Å². The lowest BCUT2D eigenvalue weighted by atomic mass is 9.85. The number of imide groups is 1. The molecule has 1 heterocycles. The van der Waals surface area contributed by atoms with E-state index in [1.807, 2.05) is 25.1 Å². The average molecular weight is 215 g/mol. The maximum absolute atomic E-state index is 12.1. The fourth-order valence-corrected chi connectivity index (χ4v) is 2.57. The highest BCUT2D eigenvalue weighted by Crippen LogP contribution is 2.52. The second-order valence-corrected chi connectivity index (χ2v) is 4.80. The van der Waals surface area contributed by atoms with E-state index in [0.29, 0.717) is 5.56 Å². The number of amides is 2. The third-order valence-electron chi connectivity index (χ3n) is 3.69. The van der Waals surface area contributed by atoms with Crippen LogP contribution in [0, 0.1) is 6.92 Å². The maximum Gasteiger partial charge on any atom is 0.260 e. The minimum atomic E-state index is -0.369. The summed E-state index contributed by atoms with van der Waals surface area (Å²) in [5, 5.41) is 0. The molecular formula is C13H13NO2. The molecule has 0 radical (unpaired) electrons. The first-order chi connectivity index (χ1) is 7.56. The van der Waals surface area contributed by atoms with Crippen molar-refractivity contribution in [2.45, 2.75) is 25.2 Å². The van der Waals surface area contributed by atoms with Crippen LogP contribution in [-0.4, -0.2) is 23.8 Å². The standard InChI is InChI=1S/C13H13NO2/c1-8-3-4-10-9(7-8)11(15)14(2)12(16)13(10)5-6-13/h3-4,7H,5-6H2,1-2H3. The molecule has 82 valence electrons. The lowest BCUT2D eigenvalue weighted by Crippen LogP contribution is -2.46. The fourth-order valence-electron chi connectivity index (χ4n) is 2.57. The van der Waals surface area contributed by atoms with Gasteiger partial charge in [0.1, 0.15) is 0 Å². The lowest BCUT2D eigenvalue weighted by Gasteiger charge is -2.30. The molecule has 0 bridgehead atoms. The van der Waals surface area contributed by atoms with Crippen LogP contribution in [0.5, 0.6) is 0 Å². The minimum Gasteiger partial charge on any atom is -0.281 e. The summed E-state index contributed by atoms with van der Waals surface area (Å²) in [4.78, 5) is 25.3. The molecule has 3 heteroatoms. The van der Waals surface area contributed by atoms with Crippen molar-refractivity contribution in [3.8, 4) is 0 Å². The molecule has 0 aromatic heterocycles. The summed E-state index contributed by atoms with van der Waals surface area (Å²) in [7, 11) is 1.58. The van der Waals surface area contributed by atoms with Crippen LogP contribution in [0.4, 0.5) is 0 Å². The highest BCUT2D eigenvalue weighted by molar-refractivity contribution is 6.14. The molecule has 3 rings (SSSR count). The molecule has 3 nitrogen and oxygen atoms in total. The molecule has 1 saturated carbocycles. The monoisotopic (exact) mass is 215 g/mol. The van der Waals surface area contributed by atoms with Crippen LogP contribution in [0.15, 0.2) is 18.2 Å². The molecule has 0 N–H and O–H groups in total. The van der Waals surface area contributed by atoms with E-state index >= 15 is 0 Å². The molecule has 1 aromatic carbocycles. The normalized spacial score (nSPS) is 21.2. The van der Waals surface area contributed by atoms with Crippen molar-refractivity contribution in [3.05, 3.63) is 34.9 Å². The number of carbonyl (C=O) groups is 2. The average Bonchev–Trinajstić information content (AvgIpc) is 3.05. The first kappa shape index (κ1) is 9.58. The Morgan fingerprint density at radius 3 is 2.56 bits per heavy atom. The second-order valence-electron chi connectivity index (χ2n) is 4.80. The number of nitrogens with zero attached hydrogens (tertiary/aromatic N) is 1. The van der Waals surface area contributed by atoms with Crippen molar-refractivity contribution in [1.82, 2.24) is 4.90 Å². The smallest absolute Gasteiger partial charge is 0.260 e. The van der Waals surface area contributed by atoms with Gasteiger partial charge in [0.05, 0.1) is 5.41 Å². The Labute approximate surface area is 94.1 Å². The van der Waals surface area contributed by atoms with Gasteiger partial charge in [0.2, 0.25) is 5.91 Å². The van der Waals surface area contributed by atoms with Gasteiger partial charge in [0, 0.05) is 12.6 Å². The third-order valence-corrected chi connectivity index (χ3v) is 3.69. The van der Waals surface area contributed by atoms with E-state index in [4.69, 9.17) is 0 Å². The van der Waals surface area contributed by atoms with Crippen LogP contribution in [0.1, 0.15) is 34.3 Å². The van der Waals surface area contributed by atoms with Crippen molar-refractivity contribution in [2.24, 2.45) is 0 Å². The molecule has 0 saturated heterocycles. The zero-order valence-electron chi connectivity index (χ0n) is 9.41. The summed E-state index contributed by atoms with van der Waals surface area (Å²) in [5.74, 6) is -0.199. The largest absolute Gasteiger partial charge is 0.281 e. The van der Waals surface area contributed by atoms with Crippen LogP contribution >= 0.6 is 0 Å². The molecular weight excluding hydrogens is 202 g/mol. The number of rotatable bonds is 0. The van der Waals surface area contributed by atoms with Crippen LogP contribution in [-0.2, 0) is 10.2 Å². The maximum atomic E-state index is 12.1. The number of aryl methyl sites for hydroxylation is 1. The Morgan fingerprint density at radius 2 is 1.94 bits per heavy atom. The Balaban J connectivity index is 2.27. The molecule has 1 aromatic rings. The van der Waals surface area contributed by atoms with Gasteiger partial charge in [0.15, 0.2) is 0 Å². The second kappa shape index (κ2) is 2.73. The zero-order chi connectivity index (χ0) is 11.5. The van der Waals surface area contributed by atoms with E-state index in [-0.39, 0.29) is 17.2 Å². The van der Waals surface area contributed by atoms with E-state index in [1.54, 1.807) is 7.05 Å². The van der Waals surface area contributed by atoms with E-state index < -0.39 is 0 Å². The van der Waals surface area contributed by atoms with E-state index in [9.17, 15) is 9.59 Å². The van der Waals surface area contributed by atoms with Gasteiger partial charge in [0.25, 0.3) is 5.91 Å². The summed E-state index contributed by atoms with van der Waals surface area (Å²) in [6.07, 6.45) is 1.75. The van der Waals surface area contributed by atoms with Gasteiger partial charge < -0.3 is 0 Å². The number of hydrogen-bond acceptors (Lipinski definition) is 2. The summed E-state index contributed by atoms with van der Waals surface area (Å²) < 4.78 is 0. The Hall–Kier alpha value is -1.64. The van der Waals surface area contributed by atoms with Crippen molar-refractivity contribution in [3.63, 3.8) is 0 Å². The molecule has 1 fully saturated rings.